The van der Waals surface area contributed by atoms with Crippen molar-refractivity contribution >= 4 is 17.2 Å². The van der Waals surface area contributed by atoms with E-state index in [9.17, 15) is 4.79 Å². The second-order valence-electron chi connectivity index (χ2n) is 5.22. The highest BCUT2D eigenvalue weighted by molar-refractivity contribution is 7.09. The number of hydrogen-bond donors (Lipinski definition) is 1. The van der Waals surface area contributed by atoms with Crippen LogP contribution in [0.3, 0.4) is 0 Å². The molecule has 1 N–H and O–H groups in total. The summed E-state index contributed by atoms with van der Waals surface area (Å²) in [4.78, 5) is 16.6. The number of rotatable bonds is 4. The third-order valence-electron chi connectivity index (χ3n) is 3.60. The molecule has 0 fully saturated rings. The Morgan fingerprint density at radius 2 is 2.33 bits per heavy atom. The molecule has 1 aliphatic rings. The Morgan fingerprint density at radius 1 is 1.48 bits per heavy atom. The van der Waals surface area contributed by atoms with Crippen LogP contribution < -0.4 is 10.1 Å². The predicted molar refractivity (Wildman–Crippen MR) is 82.7 cm³/mol. The molecule has 0 saturated carbocycles. The van der Waals surface area contributed by atoms with Gasteiger partial charge in [0.1, 0.15) is 12.4 Å². The number of carbonyl (C=O) groups excluding carboxylic acids is 1. The summed E-state index contributed by atoms with van der Waals surface area (Å²) in [5.74, 6) is 0.869. The number of nitrogens with one attached hydrogen (secondary N) is 1. The fourth-order valence-electron chi connectivity index (χ4n) is 2.48. The van der Waals surface area contributed by atoms with E-state index in [2.05, 4.69) is 10.3 Å². The number of aryl methyl sites for hydroxylation is 1. The average Bonchev–Trinajstić information content (AvgIpc) is 2.92. The summed E-state index contributed by atoms with van der Waals surface area (Å²) in [6.07, 6.45) is 1.53. The number of fused-ring (bicyclic) bond motifs is 1. The number of nitrogens with zero attached hydrogens (tertiary/aromatic N) is 1. The molecule has 4 nitrogen and oxygen atoms in total. The molecule has 0 unspecified atom stereocenters. The van der Waals surface area contributed by atoms with Crippen molar-refractivity contribution in [3.8, 4) is 5.75 Å². The minimum Gasteiger partial charge on any atom is -0.492 e. The molecule has 1 aromatic carbocycles. The lowest BCUT2D eigenvalue weighted by atomic mass is 9.96. The molecular weight excluding hydrogens is 284 g/mol. The Bertz CT molecular complexity index is 639. The monoisotopic (exact) mass is 302 g/mol. The summed E-state index contributed by atoms with van der Waals surface area (Å²) in [6.45, 7) is 3.07. The number of para-hydroxylation sites is 1. The maximum Gasteiger partial charge on any atom is 0.226 e. The van der Waals surface area contributed by atoms with Crippen LogP contribution in [0, 0.1) is 12.8 Å². The van der Waals surface area contributed by atoms with Gasteiger partial charge in [-0.3, -0.25) is 4.79 Å². The van der Waals surface area contributed by atoms with Gasteiger partial charge in [0.05, 0.1) is 16.6 Å². The topological polar surface area (TPSA) is 51.2 Å². The van der Waals surface area contributed by atoms with Gasteiger partial charge in [-0.2, -0.15) is 0 Å². The Morgan fingerprint density at radius 3 is 3.14 bits per heavy atom. The second kappa shape index (κ2) is 6.26. The lowest BCUT2D eigenvalue weighted by Gasteiger charge is -2.24. The summed E-state index contributed by atoms with van der Waals surface area (Å²) in [7, 11) is 0. The largest absolute Gasteiger partial charge is 0.492 e. The van der Waals surface area contributed by atoms with Crippen LogP contribution in [-0.4, -0.2) is 24.0 Å². The van der Waals surface area contributed by atoms with Crippen molar-refractivity contribution in [2.45, 2.75) is 19.8 Å². The Kier molecular flexibility index (Phi) is 4.20. The van der Waals surface area contributed by atoms with E-state index in [1.807, 2.05) is 36.6 Å². The van der Waals surface area contributed by atoms with Gasteiger partial charge in [-0.15, -0.1) is 11.3 Å². The first-order chi connectivity index (χ1) is 10.2. The van der Waals surface area contributed by atoms with Crippen LogP contribution in [0.2, 0.25) is 0 Å². The number of amides is 1. The van der Waals surface area contributed by atoms with E-state index in [1.54, 1.807) is 11.3 Å². The molecule has 1 aromatic heterocycles. The van der Waals surface area contributed by atoms with Gasteiger partial charge in [-0.1, -0.05) is 18.2 Å². The first-order valence-electron chi connectivity index (χ1n) is 7.12. The molecule has 5 heteroatoms. The van der Waals surface area contributed by atoms with Gasteiger partial charge in [-0.25, -0.2) is 4.98 Å². The molecule has 0 aliphatic carbocycles. The standard InChI is InChI=1S/C16H18N2O2S/c1-11-18-14(10-21-11)6-7-17-16(19)13-8-12-4-2-3-5-15(12)20-9-13/h2-5,10,13H,6-9H2,1H3,(H,17,19)/t13-/m1/s1. The Hall–Kier alpha value is -1.88. The number of aromatic nitrogens is 1. The molecule has 3 rings (SSSR count). The van der Waals surface area contributed by atoms with Gasteiger partial charge < -0.3 is 10.1 Å². The van der Waals surface area contributed by atoms with Crippen LogP contribution in [-0.2, 0) is 17.6 Å². The van der Waals surface area contributed by atoms with Crippen LogP contribution in [0.25, 0.3) is 0 Å². The van der Waals surface area contributed by atoms with Crippen molar-refractivity contribution in [1.82, 2.24) is 10.3 Å². The molecule has 0 bridgehead atoms. The number of carbonyl (C=O) groups is 1. The zero-order valence-corrected chi connectivity index (χ0v) is 12.8. The van der Waals surface area contributed by atoms with Crippen LogP contribution in [0.5, 0.6) is 5.75 Å². The van der Waals surface area contributed by atoms with Crippen LogP contribution in [0.1, 0.15) is 16.3 Å². The summed E-state index contributed by atoms with van der Waals surface area (Å²) >= 11 is 1.64. The quantitative estimate of drug-likeness (QED) is 0.943. The maximum atomic E-state index is 12.2. The summed E-state index contributed by atoms with van der Waals surface area (Å²) in [6, 6.07) is 7.91. The summed E-state index contributed by atoms with van der Waals surface area (Å²) in [5, 5.41) is 6.09. The number of ether oxygens (including phenoxy) is 1. The molecule has 2 aromatic rings. The molecular formula is C16H18N2O2S. The van der Waals surface area contributed by atoms with Crippen molar-refractivity contribution in [2.75, 3.05) is 13.2 Å². The van der Waals surface area contributed by atoms with Crippen LogP contribution in [0.4, 0.5) is 0 Å². The van der Waals surface area contributed by atoms with Crippen molar-refractivity contribution in [1.29, 1.82) is 0 Å². The molecule has 1 amide bonds. The minimum atomic E-state index is -0.0999. The third kappa shape index (κ3) is 3.42. The molecule has 21 heavy (non-hydrogen) atoms. The summed E-state index contributed by atoms with van der Waals surface area (Å²) in [5.41, 5.74) is 2.15. The lowest BCUT2D eigenvalue weighted by molar-refractivity contribution is -0.126. The Labute approximate surface area is 128 Å². The predicted octanol–water partition coefficient (Wildman–Crippen LogP) is 2.36. The number of benzene rings is 1. The summed E-state index contributed by atoms with van der Waals surface area (Å²) < 4.78 is 5.65. The lowest BCUT2D eigenvalue weighted by Crippen LogP contribution is -2.38. The average molecular weight is 302 g/mol. The molecule has 1 aliphatic heterocycles. The fraction of sp³-hybridized carbons (Fsp3) is 0.375. The highest BCUT2D eigenvalue weighted by Crippen LogP contribution is 2.26. The molecule has 0 spiro atoms. The zero-order valence-electron chi connectivity index (χ0n) is 12.0. The van der Waals surface area contributed by atoms with Gasteiger partial charge in [0.2, 0.25) is 5.91 Å². The molecule has 110 valence electrons. The van der Waals surface area contributed by atoms with Crippen LogP contribution in [0.15, 0.2) is 29.6 Å². The van der Waals surface area contributed by atoms with E-state index in [-0.39, 0.29) is 11.8 Å². The highest BCUT2D eigenvalue weighted by atomic mass is 32.1. The maximum absolute atomic E-state index is 12.2. The van der Waals surface area contributed by atoms with Crippen LogP contribution >= 0.6 is 11.3 Å². The Balaban J connectivity index is 1.50. The van der Waals surface area contributed by atoms with Gasteiger partial charge in [0, 0.05) is 18.3 Å². The van der Waals surface area contributed by atoms with Crippen molar-refractivity contribution < 1.29 is 9.53 Å². The van der Waals surface area contributed by atoms with Gasteiger partial charge in [0.25, 0.3) is 0 Å². The van der Waals surface area contributed by atoms with E-state index in [4.69, 9.17) is 4.74 Å². The van der Waals surface area contributed by atoms with Gasteiger partial charge in [0.15, 0.2) is 0 Å². The van der Waals surface area contributed by atoms with Gasteiger partial charge in [-0.05, 0) is 25.0 Å². The molecule has 0 radical (unpaired) electrons. The van der Waals surface area contributed by atoms with Gasteiger partial charge >= 0.3 is 0 Å². The smallest absolute Gasteiger partial charge is 0.226 e. The van der Waals surface area contributed by atoms with Crippen molar-refractivity contribution in [3.63, 3.8) is 0 Å². The van der Waals surface area contributed by atoms with E-state index < -0.39 is 0 Å². The zero-order chi connectivity index (χ0) is 14.7. The first-order valence-corrected chi connectivity index (χ1v) is 8.00. The van der Waals surface area contributed by atoms with Crippen molar-refractivity contribution in [2.24, 2.45) is 5.92 Å². The highest BCUT2D eigenvalue weighted by Gasteiger charge is 2.25. The first kappa shape index (κ1) is 14.1. The SMILES string of the molecule is Cc1nc(CCNC(=O)[C@H]2COc3ccccc3C2)cs1. The molecule has 1 atom stereocenters. The van der Waals surface area contributed by atoms with Crippen molar-refractivity contribution in [3.05, 3.63) is 45.9 Å². The second-order valence-corrected chi connectivity index (χ2v) is 6.28. The van der Waals surface area contributed by atoms with E-state index in [1.165, 1.54) is 0 Å². The number of thiazole rings is 1. The normalized spacial score (nSPS) is 16.9. The van der Waals surface area contributed by atoms with E-state index in [0.29, 0.717) is 13.2 Å². The molecule has 0 saturated heterocycles. The molecule has 2 heterocycles. The van der Waals surface area contributed by atoms with E-state index >= 15 is 0 Å². The third-order valence-corrected chi connectivity index (χ3v) is 4.42. The fourth-order valence-corrected chi connectivity index (χ4v) is 3.12. The minimum absolute atomic E-state index is 0.0662. The van der Waals surface area contributed by atoms with E-state index in [0.717, 1.165) is 34.9 Å². The number of hydrogen-bond acceptors (Lipinski definition) is 4.